The molecule has 0 aromatic heterocycles. The van der Waals surface area contributed by atoms with E-state index >= 15 is 0 Å². The number of aryl methyl sites for hydroxylation is 1. The molecule has 2 aromatic rings. The number of amides is 2. The van der Waals surface area contributed by atoms with Crippen LogP contribution in [-0.4, -0.2) is 33.9 Å². The zero-order valence-corrected chi connectivity index (χ0v) is 16.0. The van der Waals surface area contributed by atoms with Gasteiger partial charge >= 0.3 is 0 Å². The molecule has 0 radical (unpaired) electrons. The molecule has 144 valence electrons. The summed E-state index contributed by atoms with van der Waals surface area (Å²) in [6.07, 6.45) is 0. The summed E-state index contributed by atoms with van der Waals surface area (Å²) in [6.45, 7) is 4.04. The van der Waals surface area contributed by atoms with Gasteiger partial charge in [-0.05, 0) is 62.9 Å². The molecule has 0 aliphatic carbocycles. The van der Waals surface area contributed by atoms with Crippen molar-refractivity contribution in [2.24, 2.45) is 0 Å². The first-order chi connectivity index (χ1) is 12.8. The first-order valence-corrected chi connectivity index (χ1v) is 9.64. The third-order valence-corrected chi connectivity index (χ3v) is 5.16. The van der Waals surface area contributed by atoms with Gasteiger partial charge in [0.2, 0.25) is 10.0 Å². The smallest absolute Gasteiger partial charge is 0.270 e. The molecule has 0 bridgehead atoms. The van der Waals surface area contributed by atoms with Gasteiger partial charge in [0, 0.05) is 11.1 Å². The number of hydrazine groups is 1. The fourth-order valence-electron chi connectivity index (χ4n) is 2.25. The minimum atomic E-state index is -3.68. The fourth-order valence-corrected chi connectivity index (χ4v) is 3.01. The highest BCUT2D eigenvalue weighted by Gasteiger charge is 2.17. The van der Waals surface area contributed by atoms with Crippen molar-refractivity contribution in [2.45, 2.75) is 18.7 Å². The van der Waals surface area contributed by atoms with Crippen LogP contribution in [-0.2, 0) is 10.0 Å². The van der Waals surface area contributed by atoms with Crippen molar-refractivity contribution < 1.29 is 22.7 Å². The zero-order chi connectivity index (χ0) is 20.0. The highest BCUT2D eigenvalue weighted by atomic mass is 32.2. The molecule has 0 aliphatic heterocycles. The van der Waals surface area contributed by atoms with Crippen LogP contribution < -0.4 is 20.3 Å². The van der Waals surface area contributed by atoms with Gasteiger partial charge in [0.15, 0.2) is 0 Å². The second-order valence-electron chi connectivity index (χ2n) is 5.55. The maximum Gasteiger partial charge on any atom is 0.270 e. The zero-order valence-electron chi connectivity index (χ0n) is 15.2. The van der Waals surface area contributed by atoms with E-state index in [-0.39, 0.29) is 10.5 Å². The summed E-state index contributed by atoms with van der Waals surface area (Å²) >= 11 is 0. The molecule has 2 aromatic carbocycles. The quantitative estimate of drug-likeness (QED) is 0.644. The van der Waals surface area contributed by atoms with Gasteiger partial charge in [0.05, 0.1) is 11.5 Å². The third kappa shape index (κ3) is 5.05. The Balaban J connectivity index is 2.09. The number of rotatable bonds is 6. The van der Waals surface area contributed by atoms with Gasteiger partial charge in [0.1, 0.15) is 5.75 Å². The molecule has 0 saturated carbocycles. The number of benzene rings is 2. The fraction of sp³-hybridized carbons (Fsp3) is 0.222. The number of nitrogens with one attached hydrogen (secondary N) is 3. The Kier molecular flexibility index (Phi) is 6.54. The lowest BCUT2D eigenvalue weighted by atomic mass is 10.1. The molecular formula is C18H21N3O5S. The summed E-state index contributed by atoms with van der Waals surface area (Å²) in [7, 11) is -2.40. The molecule has 0 saturated heterocycles. The number of hydrogen-bond acceptors (Lipinski definition) is 5. The minimum Gasteiger partial charge on any atom is -0.494 e. The van der Waals surface area contributed by atoms with Crippen molar-refractivity contribution in [1.29, 1.82) is 0 Å². The molecule has 2 rings (SSSR count). The topological polar surface area (TPSA) is 114 Å². The Labute approximate surface area is 157 Å². The Bertz CT molecular complexity index is 940. The van der Waals surface area contributed by atoms with Gasteiger partial charge in [-0.1, -0.05) is 6.07 Å². The molecule has 27 heavy (non-hydrogen) atoms. The number of hydrogen-bond donors (Lipinski definition) is 3. The molecule has 0 spiro atoms. The standard InChI is InChI=1S/C18H21N3O5S/c1-4-26-14-8-6-13(7-9-14)17(22)20-21-18(23)16-11-15(10-5-12(16)2)27(24,25)19-3/h5-11,19H,4H2,1-3H3,(H,20,22)(H,21,23). The maximum atomic E-state index is 12.3. The van der Waals surface area contributed by atoms with Gasteiger partial charge in [-0.25, -0.2) is 13.1 Å². The van der Waals surface area contributed by atoms with Crippen molar-refractivity contribution in [3.8, 4) is 5.75 Å². The Morgan fingerprint density at radius 3 is 2.22 bits per heavy atom. The lowest BCUT2D eigenvalue weighted by Crippen LogP contribution is -2.42. The predicted molar refractivity (Wildman–Crippen MR) is 100.0 cm³/mol. The summed E-state index contributed by atoms with van der Waals surface area (Å²) in [5.41, 5.74) is 5.63. The first-order valence-electron chi connectivity index (χ1n) is 8.16. The maximum absolute atomic E-state index is 12.3. The van der Waals surface area contributed by atoms with Crippen molar-refractivity contribution in [3.05, 3.63) is 59.2 Å². The van der Waals surface area contributed by atoms with Gasteiger partial charge in [-0.2, -0.15) is 0 Å². The average molecular weight is 391 g/mol. The average Bonchev–Trinajstić information content (AvgIpc) is 2.66. The lowest BCUT2D eigenvalue weighted by molar-refractivity contribution is 0.0846. The van der Waals surface area contributed by atoms with E-state index in [4.69, 9.17) is 4.74 Å². The van der Waals surface area contributed by atoms with E-state index in [1.54, 1.807) is 31.2 Å². The van der Waals surface area contributed by atoms with E-state index in [2.05, 4.69) is 15.6 Å². The summed E-state index contributed by atoms with van der Waals surface area (Å²) in [5.74, 6) is -0.501. The monoisotopic (exact) mass is 391 g/mol. The summed E-state index contributed by atoms with van der Waals surface area (Å²) in [4.78, 5) is 24.4. The van der Waals surface area contributed by atoms with E-state index in [0.717, 1.165) is 0 Å². The first kappa shape index (κ1) is 20.4. The second-order valence-corrected chi connectivity index (χ2v) is 7.44. The number of ether oxygens (including phenoxy) is 1. The van der Waals surface area contributed by atoms with E-state index in [1.807, 2.05) is 6.92 Å². The normalized spacial score (nSPS) is 10.9. The molecule has 0 aliphatic rings. The van der Waals surface area contributed by atoms with Crippen LogP contribution in [0.15, 0.2) is 47.4 Å². The van der Waals surface area contributed by atoms with Crippen molar-refractivity contribution in [3.63, 3.8) is 0 Å². The van der Waals surface area contributed by atoms with E-state index in [9.17, 15) is 18.0 Å². The van der Waals surface area contributed by atoms with Crippen molar-refractivity contribution >= 4 is 21.8 Å². The van der Waals surface area contributed by atoms with Crippen molar-refractivity contribution in [1.82, 2.24) is 15.6 Å². The van der Waals surface area contributed by atoms with E-state index in [1.165, 1.54) is 25.2 Å². The van der Waals surface area contributed by atoms with Crippen LogP contribution in [0.5, 0.6) is 5.75 Å². The molecule has 0 fully saturated rings. The highest BCUT2D eigenvalue weighted by molar-refractivity contribution is 7.89. The van der Waals surface area contributed by atoms with E-state index < -0.39 is 21.8 Å². The largest absolute Gasteiger partial charge is 0.494 e. The molecule has 8 nitrogen and oxygen atoms in total. The van der Waals surface area contributed by atoms with Gasteiger partial charge < -0.3 is 4.74 Å². The summed E-state index contributed by atoms with van der Waals surface area (Å²) in [6, 6.07) is 10.6. The van der Waals surface area contributed by atoms with Crippen LogP contribution in [0.3, 0.4) is 0 Å². The van der Waals surface area contributed by atoms with E-state index in [0.29, 0.717) is 23.5 Å². The molecule has 0 atom stereocenters. The summed E-state index contributed by atoms with van der Waals surface area (Å²) < 4.78 is 31.3. The third-order valence-electron chi connectivity index (χ3n) is 3.75. The highest BCUT2D eigenvalue weighted by Crippen LogP contribution is 2.15. The van der Waals surface area contributed by atoms with Crippen LogP contribution in [0.2, 0.25) is 0 Å². The number of carbonyl (C=O) groups is 2. The lowest BCUT2D eigenvalue weighted by Gasteiger charge is -2.11. The number of sulfonamides is 1. The van der Waals surface area contributed by atoms with Crippen LogP contribution >= 0.6 is 0 Å². The molecule has 0 heterocycles. The molecular weight excluding hydrogens is 370 g/mol. The summed E-state index contributed by atoms with van der Waals surface area (Å²) in [5, 5.41) is 0. The van der Waals surface area contributed by atoms with Gasteiger partial charge in [-0.3, -0.25) is 20.4 Å². The van der Waals surface area contributed by atoms with Crippen LogP contribution in [0.4, 0.5) is 0 Å². The Hall–Kier alpha value is -2.91. The Morgan fingerprint density at radius 2 is 1.63 bits per heavy atom. The van der Waals surface area contributed by atoms with Gasteiger partial charge in [-0.15, -0.1) is 0 Å². The minimum absolute atomic E-state index is 0.0430. The van der Waals surface area contributed by atoms with Gasteiger partial charge in [0.25, 0.3) is 11.8 Å². The molecule has 9 heteroatoms. The van der Waals surface area contributed by atoms with Crippen molar-refractivity contribution in [2.75, 3.05) is 13.7 Å². The second kappa shape index (κ2) is 8.65. The van der Waals surface area contributed by atoms with Crippen LogP contribution in [0.1, 0.15) is 33.2 Å². The SMILES string of the molecule is CCOc1ccc(C(=O)NNC(=O)c2cc(S(=O)(=O)NC)ccc2C)cc1. The molecule has 2 amide bonds. The van der Waals surface area contributed by atoms with Crippen LogP contribution in [0, 0.1) is 6.92 Å². The Morgan fingerprint density at radius 1 is 1.00 bits per heavy atom. The molecule has 0 unspecified atom stereocenters. The van der Waals surface area contributed by atoms with Crippen LogP contribution in [0.25, 0.3) is 0 Å². The predicted octanol–water partition coefficient (Wildman–Crippen LogP) is 1.38. The number of carbonyl (C=O) groups excluding carboxylic acids is 2. The molecule has 3 N–H and O–H groups in total.